The number of carbonyl (C=O) groups is 2. The molecule has 2 aromatic carbocycles. The number of hydrogen-bond acceptors (Lipinski definition) is 6. The van der Waals surface area contributed by atoms with Gasteiger partial charge in [0.2, 0.25) is 0 Å². The summed E-state index contributed by atoms with van der Waals surface area (Å²) in [5.74, 6) is -0.837. The fourth-order valence-electron chi connectivity index (χ4n) is 3.84. The molecule has 2 atom stereocenters. The van der Waals surface area contributed by atoms with E-state index in [0.29, 0.717) is 21.9 Å². The summed E-state index contributed by atoms with van der Waals surface area (Å²) in [6.45, 7) is 3.79. The van der Waals surface area contributed by atoms with Gasteiger partial charge >= 0.3 is 0 Å². The van der Waals surface area contributed by atoms with Crippen LogP contribution in [0.4, 0.5) is 5.69 Å². The van der Waals surface area contributed by atoms with Crippen molar-refractivity contribution < 1.29 is 14.5 Å². The van der Waals surface area contributed by atoms with E-state index in [1.165, 1.54) is 17.0 Å². The van der Waals surface area contributed by atoms with Crippen LogP contribution in [-0.2, 0) is 0 Å². The Hall–Kier alpha value is -2.84. The molecule has 4 rings (SSSR count). The third-order valence-corrected chi connectivity index (χ3v) is 4.97. The van der Waals surface area contributed by atoms with Crippen molar-refractivity contribution >= 4 is 28.3 Å². The van der Waals surface area contributed by atoms with Gasteiger partial charge in [-0.2, -0.15) is 0 Å². The minimum absolute atomic E-state index is 0.110. The Labute approximate surface area is 142 Å². The van der Waals surface area contributed by atoms with Gasteiger partial charge in [0, 0.05) is 34.7 Å². The number of nitro benzene ring substituents is 1. The van der Waals surface area contributed by atoms with Gasteiger partial charge in [-0.3, -0.25) is 35.5 Å². The van der Waals surface area contributed by atoms with Gasteiger partial charge in [-0.1, -0.05) is 6.07 Å². The van der Waals surface area contributed by atoms with E-state index in [4.69, 9.17) is 0 Å². The molecular formula is C17H16N4O4. The molecule has 2 N–H and O–H groups in total. The first-order valence-electron chi connectivity index (χ1n) is 8.01. The molecule has 25 heavy (non-hydrogen) atoms. The molecule has 0 aromatic heterocycles. The number of hydrazine groups is 1. The minimum atomic E-state index is -0.501. The number of benzene rings is 2. The van der Waals surface area contributed by atoms with Gasteiger partial charge in [0.1, 0.15) is 0 Å². The number of carbonyl (C=O) groups excluding carboxylic acids is 2. The zero-order valence-electron chi connectivity index (χ0n) is 13.6. The van der Waals surface area contributed by atoms with Crippen molar-refractivity contribution in [2.75, 3.05) is 0 Å². The maximum atomic E-state index is 13.1. The van der Waals surface area contributed by atoms with Crippen LogP contribution in [0.1, 0.15) is 34.6 Å². The molecule has 128 valence electrons. The second-order valence-corrected chi connectivity index (χ2v) is 6.45. The van der Waals surface area contributed by atoms with E-state index in [9.17, 15) is 19.7 Å². The van der Waals surface area contributed by atoms with Crippen molar-refractivity contribution in [1.29, 1.82) is 0 Å². The second kappa shape index (κ2) is 5.33. The van der Waals surface area contributed by atoms with Gasteiger partial charge in [-0.05, 0) is 32.0 Å². The van der Waals surface area contributed by atoms with Gasteiger partial charge in [0.15, 0.2) is 0 Å². The highest BCUT2D eigenvalue weighted by Crippen LogP contribution is 2.36. The highest BCUT2D eigenvalue weighted by molar-refractivity contribution is 6.26. The lowest BCUT2D eigenvalue weighted by Crippen LogP contribution is -2.54. The van der Waals surface area contributed by atoms with Gasteiger partial charge in [0.25, 0.3) is 17.5 Å². The molecule has 0 spiro atoms. The van der Waals surface area contributed by atoms with E-state index >= 15 is 0 Å². The number of amides is 2. The average Bonchev–Trinajstić information content (AvgIpc) is 2.91. The molecule has 0 bridgehead atoms. The van der Waals surface area contributed by atoms with Crippen molar-refractivity contribution in [2.24, 2.45) is 0 Å². The molecule has 0 radical (unpaired) electrons. The Morgan fingerprint density at radius 1 is 1.00 bits per heavy atom. The van der Waals surface area contributed by atoms with Gasteiger partial charge in [0.05, 0.1) is 16.4 Å². The molecular weight excluding hydrogens is 324 g/mol. The zero-order valence-corrected chi connectivity index (χ0v) is 13.6. The lowest BCUT2D eigenvalue weighted by molar-refractivity contribution is -0.383. The normalized spacial score (nSPS) is 25.7. The Morgan fingerprint density at radius 2 is 1.60 bits per heavy atom. The van der Waals surface area contributed by atoms with E-state index in [2.05, 4.69) is 10.9 Å². The SMILES string of the molecule is CC1NNC(C)C1N1C(=O)c2cccc3c([N+](=O)[O-])ccc(c23)C1=O. The summed E-state index contributed by atoms with van der Waals surface area (Å²) in [6.07, 6.45) is 0. The minimum Gasteiger partial charge on any atom is -0.269 e. The Balaban J connectivity index is 1.95. The third kappa shape index (κ3) is 2.08. The number of rotatable bonds is 2. The highest BCUT2D eigenvalue weighted by atomic mass is 16.6. The van der Waals surface area contributed by atoms with Crippen LogP contribution < -0.4 is 10.9 Å². The van der Waals surface area contributed by atoms with Crippen molar-refractivity contribution in [3.05, 3.63) is 51.6 Å². The topological polar surface area (TPSA) is 105 Å². The van der Waals surface area contributed by atoms with Gasteiger partial charge in [-0.25, -0.2) is 0 Å². The van der Waals surface area contributed by atoms with Crippen LogP contribution in [0.2, 0.25) is 0 Å². The fraction of sp³-hybridized carbons (Fsp3) is 0.294. The van der Waals surface area contributed by atoms with Crippen molar-refractivity contribution in [1.82, 2.24) is 15.8 Å². The summed E-state index contributed by atoms with van der Waals surface area (Å²) in [7, 11) is 0. The van der Waals surface area contributed by atoms with Crippen molar-refractivity contribution in [2.45, 2.75) is 32.0 Å². The maximum Gasteiger partial charge on any atom is 0.277 e. The van der Waals surface area contributed by atoms with Crippen LogP contribution in [0.3, 0.4) is 0 Å². The molecule has 2 unspecified atom stereocenters. The van der Waals surface area contributed by atoms with Crippen LogP contribution in [0.25, 0.3) is 10.8 Å². The molecule has 2 aliphatic rings. The molecule has 2 amide bonds. The molecule has 0 aliphatic carbocycles. The largest absolute Gasteiger partial charge is 0.277 e. The number of imide groups is 1. The van der Waals surface area contributed by atoms with E-state index < -0.39 is 16.7 Å². The molecule has 1 saturated heterocycles. The number of non-ortho nitro benzene ring substituents is 1. The predicted octanol–water partition coefficient (Wildman–Crippen LogP) is 1.60. The van der Waals surface area contributed by atoms with Gasteiger partial charge < -0.3 is 0 Å². The second-order valence-electron chi connectivity index (χ2n) is 6.45. The first kappa shape index (κ1) is 15.7. The Bertz CT molecular complexity index is 909. The fourth-order valence-corrected chi connectivity index (χ4v) is 3.84. The molecule has 0 saturated carbocycles. The van der Waals surface area contributed by atoms with E-state index in [-0.39, 0.29) is 23.8 Å². The summed E-state index contributed by atoms with van der Waals surface area (Å²) in [4.78, 5) is 38.1. The van der Waals surface area contributed by atoms with Crippen LogP contribution in [0, 0.1) is 10.1 Å². The summed E-state index contributed by atoms with van der Waals surface area (Å²) in [6, 6.07) is 6.99. The quantitative estimate of drug-likeness (QED) is 0.489. The summed E-state index contributed by atoms with van der Waals surface area (Å²) >= 11 is 0. The molecule has 2 aliphatic heterocycles. The standard InChI is InChI=1S/C17H16N4O4/c1-8-15(9(2)19-18-8)20-16(22)11-5-3-4-10-13(21(24)25)7-6-12(14(10)11)17(20)23/h3-9,15,18-19H,1-2H3. The zero-order chi connectivity index (χ0) is 17.9. The van der Waals surface area contributed by atoms with Crippen LogP contribution in [0.5, 0.6) is 0 Å². The number of nitrogens with zero attached hydrogens (tertiary/aromatic N) is 2. The first-order chi connectivity index (χ1) is 11.9. The average molecular weight is 340 g/mol. The van der Waals surface area contributed by atoms with Crippen LogP contribution in [-0.4, -0.2) is 39.8 Å². The molecule has 8 nitrogen and oxygen atoms in total. The molecule has 2 heterocycles. The lowest BCUT2D eigenvalue weighted by atomic mass is 9.90. The molecule has 2 aromatic rings. The van der Waals surface area contributed by atoms with E-state index in [1.807, 2.05) is 13.8 Å². The highest BCUT2D eigenvalue weighted by Gasteiger charge is 2.44. The lowest BCUT2D eigenvalue weighted by Gasteiger charge is -2.34. The Morgan fingerprint density at radius 3 is 2.20 bits per heavy atom. The van der Waals surface area contributed by atoms with Crippen LogP contribution >= 0.6 is 0 Å². The summed E-state index contributed by atoms with van der Waals surface area (Å²) in [5.41, 5.74) is 6.62. The number of hydrogen-bond donors (Lipinski definition) is 2. The third-order valence-electron chi connectivity index (χ3n) is 4.97. The van der Waals surface area contributed by atoms with Crippen molar-refractivity contribution in [3.63, 3.8) is 0 Å². The molecule has 1 fully saturated rings. The summed E-state index contributed by atoms with van der Waals surface area (Å²) < 4.78 is 0. The molecule has 8 heteroatoms. The summed E-state index contributed by atoms with van der Waals surface area (Å²) in [5, 5.41) is 11.9. The smallest absolute Gasteiger partial charge is 0.269 e. The van der Waals surface area contributed by atoms with E-state index in [1.54, 1.807) is 18.2 Å². The van der Waals surface area contributed by atoms with E-state index in [0.717, 1.165) is 0 Å². The predicted molar refractivity (Wildman–Crippen MR) is 90.1 cm³/mol. The van der Waals surface area contributed by atoms with Gasteiger partial charge in [-0.15, -0.1) is 0 Å². The van der Waals surface area contributed by atoms with Crippen molar-refractivity contribution in [3.8, 4) is 0 Å². The Kier molecular flexibility index (Phi) is 3.34. The first-order valence-corrected chi connectivity index (χ1v) is 8.01. The monoisotopic (exact) mass is 340 g/mol. The van der Waals surface area contributed by atoms with Crippen LogP contribution in [0.15, 0.2) is 30.3 Å². The maximum absolute atomic E-state index is 13.1. The number of nitro groups is 1. The number of nitrogens with one attached hydrogen (secondary N) is 2.